The summed E-state index contributed by atoms with van der Waals surface area (Å²) in [5.41, 5.74) is 5.37. The van der Waals surface area contributed by atoms with Crippen molar-refractivity contribution >= 4 is 0 Å². The van der Waals surface area contributed by atoms with Gasteiger partial charge in [0.2, 0.25) is 0 Å². The molecule has 0 spiro atoms. The smallest absolute Gasteiger partial charge is 0.0322 e. The fraction of sp³-hybridized carbons (Fsp3) is 0.714. The third-order valence-electron chi connectivity index (χ3n) is 1.13. The molecule has 0 saturated heterocycles. The van der Waals surface area contributed by atoms with Gasteiger partial charge in [0.15, 0.2) is 0 Å². The van der Waals surface area contributed by atoms with Gasteiger partial charge in [-0.3, -0.25) is 0 Å². The van der Waals surface area contributed by atoms with Crippen LogP contribution in [0.4, 0.5) is 0 Å². The molecule has 2 N–H and O–H groups in total. The van der Waals surface area contributed by atoms with E-state index in [0.717, 1.165) is 6.42 Å². The van der Waals surface area contributed by atoms with Crippen LogP contribution in [0, 0.1) is 17.8 Å². The molecule has 1 atom stereocenters. The summed E-state index contributed by atoms with van der Waals surface area (Å²) < 4.78 is 0. The zero-order valence-electron chi connectivity index (χ0n) is 5.57. The van der Waals surface area contributed by atoms with Crippen LogP contribution in [0.25, 0.3) is 0 Å². The average Bonchev–Trinajstić information content (AvgIpc) is 1.83. The van der Waals surface area contributed by atoms with Crippen LogP contribution in [-0.4, -0.2) is 6.54 Å². The molecule has 0 aliphatic heterocycles. The first-order chi connectivity index (χ1) is 3.85. The highest BCUT2D eigenvalue weighted by molar-refractivity contribution is 5.00. The summed E-state index contributed by atoms with van der Waals surface area (Å²) in [5, 5.41) is 0. The minimum absolute atomic E-state index is 0.417. The predicted molar refractivity (Wildman–Crippen MR) is 36.3 cm³/mol. The van der Waals surface area contributed by atoms with Crippen LogP contribution >= 0.6 is 0 Å². The molecule has 0 aliphatic rings. The molecular weight excluding hydrogens is 98.1 g/mol. The molecule has 1 unspecified atom stereocenters. The second-order valence-corrected chi connectivity index (χ2v) is 1.74. The Labute approximate surface area is 51.3 Å². The highest BCUT2D eigenvalue weighted by atomic mass is 14.5. The van der Waals surface area contributed by atoms with Crippen molar-refractivity contribution < 1.29 is 0 Å². The summed E-state index contributed by atoms with van der Waals surface area (Å²) in [7, 11) is 0. The van der Waals surface area contributed by atoms with Gasteiger partial charge in [-0.05, 0) is 13.3 Å². The average molecular weight is 111 g/mol. The Morgan fingerprint density at radius 3 is 2.38 bits per heavy atom. The van der Waals surface area contributed by atoms with E-state index in [0.29, 0.717) is 12.5 Å². The third-order valence-corrected chi connectivity index (χ3v) is 1.13. The van der Waals surface area contributed by atoms with Crippen molar-refractivity contribution in [1.82, 2.24) is 0 Å². The Hall–Kier alpha value is -0.480. The van der Waals surface area contributed by atoms with Crippen molar-refractivity contribution in [2.75, 3.05) is 6.54 Å². The van der Waals surface area contributed by atoms with E-state index in [-0.39, 0.29) is 0 Å². The topological polar surface area (TPSA) is 26.0 Å². The van der Waals surface area contributed by atoms with Crippen molar-refractivity contribution in [3.05, 3.63) is 0 Å². The molecule has 0 aliphatic carbocycles. The van der Waals surface area contributed by atoms with Crippen LogP contribution in [0.1, 0.15) is 20.3 Å². The molecule has 0 aromatic carbocycles. The first-order valence-electron chi connectivity index (χ1n) is 2.97. The lowest BCUT2D eigenvalue weighted by atomic mass is 10.1. The molecule has 0 bridgehead atoms. The van der Waals surface area contributed by atoms with Gasteiger partial charge in [-0.15, -0.1) is 5.92 Å². The second-order valence-electron chi connectivity index (χ2n) is 1.74. The van der Waals surface area contributed by atoms with E-state index in [4.69, 9.17) is 5.73 Å². The zero-order valence-corrected chi connectivity index (χ0v) is 5.57. The van der Waals surface area contributed by atoms with Crippen molar-refractivity contribution in [2.45, 2.75) is 20.3 Å². The molecule has 0 rings (SSSR count). The maximum absolute atomic E-state index is 5.37. The standard InChI is InChI=1S/C7H13N/c1-3-5-7(4-2)6-8/h7H,4,6,8H2,1-2H3. The van der Waals surface area contributed by atoms with E-state index in [1.165, 1.54) is 0 Å². The van der Waals surface area contributed by atoms with Gasteiger partial charge < -0.3 is 5.73 Å². The third kappa shape index (κ3) is 2.65. The van der Waals surface area contributed by atoms with Gasteiger partial charge in [0.1, 0.15) is 0 Å². The Bertz CT molecular complexity index is 92.7. The molecule has 1 nitrogen and oxygen atoms in total. The molecule has 0 fully saturated rings. The molecule has 0 saturated carbocycles. The summed E-state index contributed by atoms with van der Waals surface area (Å²) in [4.78, 5) is 0. The number of rotatable bonds is 2. The molecular formula is C7H13N. The van der Waals surface area contributed by atoms with Crippen LogP contribution in [0.2, 0.25) is 0 Å². The summed E-state index contributed by atoms with van der Waals surface area (Å²) in [6, 6.07) is 0. The van der Waals surface area contributed by atoms with Crippen molar-refractivity contribution in [2.24, 2.45) is 11.7 Å². The van der Waals surface area contributed by atoms with Gasteiger partial charge in [0.25, 0.3) is 0 Å². The lowest BCUT2D eigenvalue weighted by Gasteiger charge is -1.99. The highest BCUT2D eigenvalue weighted by Gasteiger charge is 1.94. The SMILES string of the molecule is CC#CC(CC)CN. The normalized spacial score (nSPS) is 11.9. The first-order valence-corrected chi connectivity index (χ1v) is 2.97. The maximum Gasteiger partial charge on any atom is 0.0322 e. The molecule has 0 heterocycles. The number of hydrogen-bond donors (Lipinski definition) is 1. The summed E-state index contributed by atoms with van der Waals surface area (Å²) >= 11 is 0. The highest BCUT2D eigenvalue weighted by Crippen LogP contribution is 1.95. The Morgan fingerprint density at radius 2 is 2.25 bits per heavy atom. The molecule has 0 amide bonds. The number of nitrogens with two attached hydrogens (primary N) is 1. The van der Waals surface area contributed by atoms with E-state index in [9.17, 15) is 0 Å². The molecule has 0 aromatic heterocycles. The molecule has 46 valence electrons. The summed E-state index contributed by atoms with van der Waals surface area (Å²) in [5.74, 6) is 6.26. The monoisotopic (exact) mass is 111 g/mol. The summed E-state index contributed by atoms with van der Waals surface area (Å²) in [6.45, 7) is 4.64. The van der Waals surface area contributed by atoms with Crippen LogP contribution in [0.3, 0.4) is 0 Å². The fourth-order valence-corrected chi connectivity index (χ4v) is 0.532. The largest absolute Gasteiger partial charge is 0.329 e. The zero-order chi connectivity index (χ0) is 6.41. The van der Waals surface area contributed by atoms with Crippen LogP contribution in [0.5, 0.6) is 0 Å². The van der Waals surface area contributed by atoms with E-state index in [2.05, 4.69) is 18.8 Å². The van der Waals surface area contributed by atoms with E-state index in [1.54, 1.807) is 0 Å². The van der Waals surface area contributed by atoms with Crippen LogP contribution in [0.15, 0.2) is 0 Å². The minimum Gasteiger partial charge on any atom is -0.329 e. The first kappa shape index (κ1) is 7.52. The van der Waals surface area contributed by atoms with Crippen molar-refractivity contribution in [3.63, 3.8) is 0 Å². The number of hydrogen-bond acceptors (Lipinski definition) is 1. The van der Waals surface area contributed by atoms with Crippen LogP contribution < -0.4 is 5.73 Å². The Balaban J connectivity index is 3.47. The van der Waals surface area contributed by atoms with Gasteiger partial charge >= 0.3 is 0 Å². The molecule has 8 heavy (non-hydrogen) atoms. The Morgan fingerprint density at radius 1 is 1.62 bits per heavy atom. The lowest BCUT2D eigenvalue weighted by Crippen LogP contribution is -2.10. The van der Waals surface area contributed by atoms with E-state index in [1.807, 2.05) is 6.92 Å². The minimum atomic E-state index is 0.417. The maximum atomic E-state index is 5.37. The van der Waals surface area contributed by atoms with Crippen molar-refractivity contribution in [3.8, 4) is 11.8 Å². The molecule has 0 aromatic rings. The van der Waals surface area contributed by atoms with Crippen molar-refractivity contribution in [1.29, 1.82) is 0 Å². The van der Waals surface area contributed by atoms with Gasteiger partial charge in [-0.2, -0.15) is 0 Å². The predicted octanol–water partition coefficient (Wildman–Crippen LogP) is 0.995. The summed E-state index contributed by atoms with van der Waals surface area (Å²) in [6.07, 6.45) is 1.07. The molecule has 1 heteroatoms. The van der Waals surface area contributed by atoms with E-state index < -0.39 is 0 Å². The quantitative estimate of drug-likeness (QED) is 0.528. The van der Waals surface area contributed by atoms with E-state index >= 15 is 0 Å². The molecule has 0 radical (unpaired) electrons. The fourth-order valence-electron chi connectivity index (χ4n) is 0.532. The van der Waals surface area contributed by atoms with Gasteiger partial charge in [0.05, 0.1) is 0 Å². The van der Waals surface area contributed by atoms with Gasteiger partial charge in [-0.25, -0.2) is 0 Å². The van der Waals surface area contributed by atoms with Gasteiger partial charge in [0, 0.05) is 12.5 Å². The second kappa shape index (κ2) is 4.67. The van der Waals surface area contributed by atoms with Gasteiger partial charge in [-0.1, -0.05) is 12.8 Å². The Kier molecular flexibility index (Phi) is 4.39. The van der Waals surface area contributed by atoms with Crippen LogP contribution in [-0.2, 0) is 0 Å². The lowest BCUT2D eigenvalue weighted by molar-refractivity contribution is 0.661.